The molecule has 4 nitrogen and oxygen atoms in total. The van der Waals surface area contributed by atoms with Crippen LogP contribution in [0.2, 0.25) is 0 Å². The lowest BCUT2D eigenvalue weighted by atomic mass is 10.2. The van der Waals surface area contributed by atoms with E-state index in [0.29, 0.717) is 6.54 Å². The molecular weight excluding hydrogens is 188 g/mol. The van der Waals surface area contributed by atoms with Crippen LogP contribution in [0.5, 0.6) is 0 Å². The predicted molar refractivity (Wildman–Crippen MR) is 54.6 cm³/mol. The van der Waals surface area contributed by atoms with E-state index in [0.717, 1.165) is 11.3 Å². The van der Waals surface area contributed by atoms with E-state index in [-0.39, 0.29) is 5.96 Å². The Bertz CT molecular complexity index is 307. The highest BCUT2D eigenvalue weighted by molar-refractivity contribution is 6.13. The predicted octanol–water partition coefficient (Wildman–Crippen LogP) is 0.835. The van der Waals surface area contributed by atoms with Crippen molar-refractivity contribution in [1.29, 1.82) is 0 Å². The van der Waals surface area contributed by atoms with Crippen LogP contribution < -0.4 is 16.3 Å². The Morgan fingerprint density at radius 3 is 2.85 bits per heavy atom. The molecule has 5 N–H and O–H groups in total. The molecule has 1 aromatic rings. The maximum Gasteiger partial charge on any atom is 0.191 e. The maximum atomic E-state index is 5.36. The second kappa shape index (κ2) is 4.69. The van der Waals surface area contributed by atoms with Gasteiger partial charge in [0.25, 0.3) is 0 Å². The molecule has 0 amide bonds. The molecule has 0 atom stereocenters. The summed E-state index contributed by atoms with van der Waals surface area (Å²) >= 11 is 5.36. The maximum absolute atomic E-state index is 5.36. The summed E-state index contributed by atoms with van der Waals surface area (Å²) in [5.41, 5.74) is 12.2. The van der Waals surface area contributed by atoms with Crippen molar-refractivity contribution in [1.82, 2.24) is 4.84 Å². The lowest BCUT2D eigenvalue weighted by Crippen LogP contribution is -2.21. The van der Waals surface area contributed by atoms with Crippen LogP contribution in [0.3, 0.4) is 0 Å². The average molecular weight is 199 g/mol. The summed E-state index contributed by atoms with van der Waals surface area (Å²) in [6, 6.07) is 7.47. The topological polar surface area (TPSA) is 76.4 Å². The van der Waals surface area contributed by atoms with E-state index in [9.17, 15) is 0 Å². The van der Waals surface area contributed by atoms with Gasteiger partial charge in [0.15, 0.2) is 5.96 Å². The zero-order chi connectivity index (χ0) is 9.68. The number of hydrogen-bond acceptors (Lipinski definition) is 2. The molecule has 0 aliphatic rings. The number of benzene rings is 1. The van der Waals surface area contributed by atoms with Crippen LogP contribution in [0.15, 0.2) is 29.3 Å². The van der Waals surface area contributed by atoms with Gasteiger partial charge in [-0.2, -0.15) is 0 Å². The highest BCUT2D eigenvalue weighted by Gasteiger charge is 1.93. The molecule has 0 spiro atoms. The van der Waals surface area contributed by atoms with Gasteiger partial charge in [-0.15, -0.1) is 0 Å². The fraction of sp³-hybridized carbons (Fsp3) is 0.125. The Morgan fingerprint density at radius 1 is 1.46 bits per heavy atom. The van der Waals surface area contributed by atoms with Crippen molar-refractivity contribution in [2.24, 2.45) is 16.5 Å². The van der Waals surface area contributed by atoms with Gasteiger partial charge in [0.1, 0.15) is 0 Å². The summed E-state index contributed by atoms with van der Waals surface area (Å²) in [5, 5.41) is 0. The van der Waals surface area contributed by atoms with Crippen LogP contribution in [-0.4, -0.2) is 5.96 Å². The Kier molecular flexibility index (Phi) is 3.54. The van der Waals surface area contributed by atoms with Crippen molar-refractivity contribution in [3.05, 3.63) is 29.8 Å². The van der Waals surface area contributed by atoms with E-state index in [1.54, 1.807) is 0 Å². The van der Waals surface area contributed by atoms with E-state index in [2.05, 4.69) is 9.83 Å². The van der Waals surface area contributed by atoms with Crippen LogP contribution in [0, 0.1) is 0 Å². The fourth-order valence-electron chi connectivity index (χ4n) is 0.962. The first-order chi connectivity index (χ1) is 6.22. The largest absolute Gasteiger partial charge is 0.370 e. The van der Waals surface area contributed by atoms with Gasteiger partial charge in [0, 0.05) is 6.54 Å². The molecule has 0 aromatic heterocycles. The van der Waals surface area contributed by atoms with Gasteiger partial charge >= 0.3 is 0 Å². The molecule has 5 heteroatoms. The Labute approximate surface area is 81.7 Å². The van der Waals surface area contributed by atoms with Gasteiger partial charge in [0.2, 0.25) is 0 Å². The van der Waals surface area contributed by atoms with E-state index < -0.39 is 0 Å². The van der Waals surface area contributed by atoms with Crippen molar-refractivity contribution >= 4 is 23.4 Å². The highest BCUT2D eigenvalue weighted by atomic mass is 35.5. The molecule has 0 aliphatic heterocycles. The molecule has 0 aliphatic carbocycles. The summed E-state index contributed by atoms with van der Waals surface area (Å²) in [4.78, 5) is 6.43. The fourth-order valence-corrected chi connectivity index (χ4v) is 1.12. The van der Waals surface area contributed by atoms with E-state index >= 15 is 0 Å². The molecule has 0 unspecified atom stereocenters. The monoisotopic (exact) mass is 198 g/mol. The number of halogens is 1. The third kappa shape index (κ3) is 3.31. The van der Waals surface area contributed by atoms with Crippen molar-refractivity contribution in [3.8, 4) is 0 Å². The zero-order valence-electron chi connectivity index (χ0n) is 7.00. The van der Waals surface area contributed by atoms with Gasteiger partial charge in [-0.05, 0) is 29.5 Å². The smallest absolute Gasteiger partial charge is 0.191 e. The Hall–Kier alpha value is -1.26. The zero-order valence-corrected chi connectivity index (χ0v) is 7.75. The number of nitrogens with zero attached hydrogens (tertiary/aromatic N) is 1. The first-order valence-electron chi connectivity index (χ1n) is 3.74. The molecule has 0 heterocycles. The molecule has 1 rings (SSSR count). The van der Waals surface area contributed by atoms with Crippen LogP contribution >= 0.6 is 11.8 Å². The Balaban J connectivity index is 2.85. The van der Waals surface area contributed by atoms with Crippen molar-refractivity contribution in [2.75, 3.05) is 0 Å². The molecule has 13 heavy (non-hydrogen) atoms. The molecule has 0 bridgehead atoms. The number of hydrogen-bond donors (Lipinski definition) is 3. The third-order valence-electron chi connectivity index (χ3n) is 1.44. The molecule has 0 saturated carbocycles. The van der Waals surface area contributed by atoms with E-state index in [1.807, 2.05) is 24.3 Å². The number of aliphatic imine (C=N–C) groups is 1. The molecule has 70 valence electrons. The SMILES string of the molecule is NC(N)=Nc1cccc(CNCl)c1. The second-order valence-electron chi connectivity index (χ2n) is 2.52. The Morgan fingerprint density at radius 2 is 2.23 bits per heavy atom. The summed E-state index contributed by atoms with van der Waals surface area (Å²) in [5.74, 6) is 0.0518. The summed E-state index contributed by atoms with van der Waals surface area (Å²) in [7, 11) is 0. The summed E-state index contributed by atoms with van der Waals surface area (Å²) in [6.07, 6.45) is 0. The first kappa shape index (κ1) is 9.83. The van der Waals surface area contributed by atoms with E-state index in [1.165, 1.54) is 0 Å². The summed E-state index contributed by atoms with van der Waals surface area (Å²) < 4.78 is 0. The van der Waals surface area contributed by atoms with Crippen LogP contribution in [0.1, 0.15) is 5.56 Å². The lowest BCUT2D eigenvalue weighted by molar-refractivity contribution is 0.964. The minimum Gasteiger partial charge on any atom is -0.370 e. The highest BCUT2D eigenvalue weighted by Crippen LogP contribution is 2.13. The number of nitrogens with one attached hydrogen (secondary N) is 1. The van der Waals surface area contributed by atoms with Crippen LogP contribution in [0.25, 0.3) is 0 Å². The van der Waals surface area contributed by atoms with Crippen molar-refractivity contribution < 1.29 is 0 Å². The molecule has 0 fully saturated rings. The molecular formula is C8H11ClN4. The second-order valence-corrected chi connectivity index (χ2v) is 2.78. The number of rotatable bonds is 3. The quantitative estimate of drug-likeness (QED) is 0.383. The van der Waals surface area contributed by atoms with E-state index in [4.69, 9.17) is 23.2 Å². The van der Waals surface area contributed by atoms with Crippen molar-refractivity contribution in [2.45, 2.75) is 6.54 Å². The molecule has 0 saturated heterocycles. The van der Waals surface area contributed by atoms with Gasteiger partial charge in [-0.1, -0.05) is 12.1 Å². The lowest BCUT2D eigenvalue weighted by Gasteiger charge is -1.99. The van der Waals surface area contributed by atoms with Crippen LogP contribution in [0.4, 0.5) is 5.69 Å². The van der Waals surface area contributed by atoms with Gasteiger partial charge in [0.05, 0.1) is 5.69 Å². The molecule has 1 aromatic carbocycles. The normalized spacial score (nSPS) is 9.62. The van der Waals surface area contributed by atoms with Crippen molar-refractivity contribution in [3.63, 3.8) is 0 Å². The molecule has 0 radical (unpaired) electrons. The van der Waals surface area contributed by atoms with Crippen LogP contribution in [-0.2, 0) is 6.54 Å². The average Bonchev–Trinajstić information content (AvgIpc) is 2.04. The third-order valence-corrected chi connectivity index (χ3v) is 1.57. The van der Waals surface area contributed by atoms with Gasteiger partial charge < -0.3 is 11.5 Å². The van der Waals surface area contributed by atoms with Gasteiger partial charge in [-0.25, -0.2) is 9.83 Å². The van der Waals surface area contributed by atoms with Gasteiger partial charge in [-0.3, -0.25) is 0 Å². The minimum absolute atomic E-state index is 0.0518. The first-order valence-corrected chi connectivity index (χ1v) is 4.12. The standard InChI is InChI=1S/C8H11ClN4/c9-12-5-6-2-1-3-7(4-6)13-8(10)11/h1-4,12H,5H2,(H4,10,11,13). The summed E-state index contributed by atoms with van der Waals surface area (Å²) in [6.45, 7) is 0.579. The number of guanidine groups is 1. The minimum atomic E-state index is 0.0518. The number of nitrogens with two attached hydrogens (primary N) is 2.